The second kappa shape index (κ2) is 8.99. The summed E-state index contributed by atoms with van der Waals surface area (Å²) in [4.78, 5) is 28.6. The minimum absolute atomic E-state index is 0.0912. The molecule has 0 spiro atoms. The maximum absolute atomic E-state index is 12.5. The molecule has 0 unspecified atom stereocenters. The van der Waals surface area contributed by atoms with E-state index in [0.29, 0.717) is 6.42 Å². The van der Waals surface area contributed by atoms with Gasteiger partial charge in [0.1, 0.15) is 18.2 Å². The molecular formula is C20H24N2O4. The second-order valence-corrected chi connectivity index (χ2v) is 6.86. The zero-order chi connectivity index (χ0) is 19.0. The summed E-state index contributed by atoms with van der Waals surface area (Å²) in [5.74, 6) is -0.524. The smallest absolute Gasteiger partial charge is 0.408 e. The predicted octanol–water partition coefficient (Wildman–Crippen LogP) is 3.26. The Bertz CT molecular complexity index is 712. The zero-order valence-corrected chi connectivity index (χ0v) is 15.3. The first-order valence-electron chi connectivity index (χ1n) is 8.42. The Hall–Kier alpha value is -2.89. The van der Waals surface area contributed by atoms with Gasteiger partial charge >= 0.3 is 12.1 Å². The first-order chi connectivity index (χ1) is 12.3. The van der Waals surface area contributed by atoms with Crippen LogP contribution in [-0.4, -0.2) is 28.7 Å². The Kier molecular flexibility index (Phi) is 6.72. The summed E-state index contributed by atoms with van der Waals surface area (Å²) in [6.07, 6.45) is 2.93. The highest BCUT2D eigenvalue weighted by molar-refractivity contribution is 5.81. The Labute approximate surface area is 153 Å². The highest BCUT2D eigenvalue weighted by atomic mass is 16.6. The summed E-state index contributed by atoms with van der Waals surface area (Å²) in [7, 11) is 0. The first-order valence-corrected chi connectivity index (χ1v) is 8.42. The third kappa shape index (κ3) is 6.93. The molecular weight excluding hydrogens is 332 g/mol. The number of rotatable bonds is 6. The number of nitrogens with zero attached hydrogens (tertiary/aromatic N) is 1. The lowest BCUT2D eigenvalue weighted by atomic mass is 10.1. The molecule has 1 amide bonds. The number of carbonyl (C=O) groups is 2. The predicted molar refractivity (Wildman–Crippen MR) is 97.3 cm³/mol. The maximum Gasteiger partial charge on any atom is 0.408 e. The Morgan fingerprint density at radius 1 is 1.08 bits per heavy atom. The zero-order valence-electron chi connectivity index (χ0n) is 15.3. The fourth-order valence-electron chi connectivity index (χ4n) is 2.23. The molecule has 0 aliphatic carbocycles. The van der Waals surface area contributed by atoms with Crippen LogP contribution in [0.2, 0.25) is 0 Å². The lowest BCUT2D eigenvalue weighted by Crippen LogP contribution is -2.45. The van der Waals surface area contributed by atoms with E-state index in [1.54, 1.807) is 39.2 Å². The largest absolute Gasteiger partial charge is 0.459 e. The summed E-state index contributed by atoms with van der Waals surface area (Å²) in [6, 6.07) is 12.2. The van der Waals surface area contributed by atoms with Crippen molar-refractivity contribution in [1.29, 1.82) is 0 Å². The quantitative estimate of drug-likeness (QED) is 0.804. The standard InChI is InChI=1S/C20H24N2O4/c1-20(2,3)26-19(24)22-17(12-15-8-5-4-6-9-15)18(23)25-14-16-10-7-11-21-13-16/h4-11,13,17H,12,14H2,1-3H3,(H,22,24)/t17-/m0/s1. The SMILES string of the molecule is CC(C)(C)OC(=O)N[C@@H](Cc1ccccc1)C(=O)OCc1cccnc1. The minimum Gasteiger partial charge on any atom is -0.459 e. The van der Waals surface area contributed by atoms with E-state index in [-0.39, 0.29) is 6.61 Å². The molecule has 1 aromatic carbocycles. The van der Waals surface area contributed by atoms with Crippen molar-refractivity contribution < 1.29 is 19.1 Å². The molecule has 138 valence electrons. The van der Waals surface area contributed by atoms with Crippen LogP contribution in [0.1, 0.15) is 31.9 Å². The number of ether oxygens (including phenoxy) is 2. The van der Waals surface area contributed by atoms with Crippen LogP contribution < -0.4 is 5.32 Å². The summed E-state index contributed by atoms with van der Waals surface area (Å²) >= 11 is 0. The van der Waals surface area contributed by atoms with Crippen LogP contribution in [-0.2, 0) is 27.3 Å². The summed E-state index contributed by atoms with van der Waals surface area (Å²) in [5.41, 5.74) is 1.03. The van der Waals surface area contributed by atoms with Gasteiger partial charge in [-0.3, -0.25) is 4.98 Å². The molecule has 0 radical (unpaired) electrons. The van der Waals surface area contributed by atoms with Gasteiger partial charge in [-0.05, 0) is 32.4 Å². The van der Waals surface area contributed by atoms with Gasteiger partial charge in [0.25, 0.3) is 0 Å². The van der Waals surface area contributed by atoms with Gasteiger partial charge in [0, 0.05) is 24.4 Å². The van der Waals surface area contributed by atoms with Gasteiger partial charge in [0.05, 0.1) is 0 Å². The summed E-state index contributed by atoms with van der Waals surface area (Å²) in [6.45, 7) is 5.38. The van der Waals surface area contributed by atoms with E-state index in [4.69, 9.17) is 9.47 Å². The van der Waals surface area contributed by atoms with E-state index in [9.17, 15) is 9.59 Å². The van der Waals surface area contributed by atoms with Gasteiger partial charge in [-0.15, -0.1) is 0 Å². The molecule has 6 heteroatoms. The topological polar surface area (TPSA) is 77.5 Å². The van der Waals surface area contributed by atoms with Crippen LogP contribution in [0.15, 0.2) is 54.9 Å². The van der Waals surface area contributed by atoms with Crippen molar-refractivity contribution in [3.05, 3.63) is 66.0 Å². The van der Waals surface area contributed by atoms with Gasteiger partial charge in [0.15, 0.2) is 0 Å². The lowest BCUT2D eigenvalue weighted by Gasteiger charge is -2.23. The number of alkyl carbamates (subject to hydrolysis) is 1. The van der Waals surface area contributed by atoms with Crippen LogP contribution in [0.25, 0.3) is 0 Å². The third-order valence-electron chi connectivity index (χ3n) is 3.36. The number of nitrogens with one attached hydrogen (secondary N) is 1. The number of pyridine rings is 1. The third-order valence-corrected chi connectivity index (χ3v) is 3.36. The summed E-state index contributed by atoms with van der Waals surface area (Å²) < 4.78 is 10.6. The van der Waals surface area contributed by atoms with Crippen molar-refractivity contribution >= 4 is 12.1 Å². The lowest BCUT2D eigenvalue weighted by molar-refractivity contribution is -0.147. The average molecular weight is 356 g/mol. The fraction of sp³-hybridized carbons (Fsp3) is 0.350. The molecule has 0 fully saturated rings. The highest BCUT2D eigenvalue weighted by Crippen LogP contribution is 2.10. The van der Waals surface area contributed by atoms with Crippen molar-refractivity contribution in [3.8, 4) is 0 Å². The first kappa shape index (κ1) is 19.4. The van der Waals surface area contributed by atoms with E-state index in [0.717, 1.165) is 11.1 Å². The maximum atomic E-state index is 12.5. The molecule has 1 heterocycles. The van der Waals surface area contributed by atoms with Crippen molar-refractivity contribution in [3.63, 3.8) is 0 Å². The second-order valence-electron chi connectivity index (χ2n) is 6.86. The van der Waals surface area contributed by atoms with E-state index in [2.05, 4.69) is 10.3 Å². The van der Waals surface area contributed by atoms with E-state index in [1.807, 2.05) is 36.4 Å². The highest BCUT2D eigenvalue weighted by Gasteiger charge is 2.26. The Balaban J connectivity index is 2.03. The molecule has 0 saturated carbocycles. The Morgan fingerprint density at radius 2 is 1.77 bits per heavy atom. The van der Waals surface area contributed by atoms with Crippen LogP contribution in [0.3, 0.4) is 0 Å². The molecule has 1 N–H and O–H groups in total. The van der Waals surface area contributed by atoms with E-state index in [1.165, 1.54) is 0 Å². The van der Waals surface area contributed by atoms with E-state index < -0.39 is 23.7 Å². The molecule has 0 aliphatic rings. The van der Waals surface area contributed by atoms with Crippen molar-refractivity contribution in [1.82, 2.24) is 10.3 Å². The number of benzene rings is 1. The molecule has 2 rings (SSSR count). The van der Waals surface area contributed by atoms with Crippen molar-refractivity contribution in [2.45, 2.75) is 45.4 Å². The van der Waals surface area contributed by atoms with Gasteiger partial charge < -0.3 is 14.8 Å². The molecule has 0 saturated heterocycles. The monoisotopic (exact) mass is 356 g/mol. The van der Waals surface area contributed by atoms with Gasteiger partial charge in [-0.2, -0.15) is 0 Å². The van der Waals surface area contributed by atoms with Crippen LogP contribution in [0, 0.1) is 0 Å². The van der Waals surface area contributed by atoms with Gasteiger partial charge in [-0.25, -0.2) is 9.59 Å². The normalized spacial score (nSPS) is 12.1. The molecule has 0 aliphatic heterocycles. The number of aromatic nitrogens is 1. The average Bonchev–Trinajstić information content (AvgIpc) is 2.59. The number of amides is 1. The Morgan fingerprint density at radius 3 is 2.38 bits per heavy atom. The van der Waals surface area contributed by atoms with Gasteiger partial charge in [0.2, 0.25) is 0 Å². The number of hydrogen-bond donors (Lipinski definition) is 1. The molecule has 6 nitrogen and oxygen atoms in total. The number of hydrogen-bond acceptors (Lipinski definition) is 5. The fourth-order valence-corrected chi connectivity index (χ4v) is 2.23. The molecule has 1 aromatic heterocycles. The number of carbonyl (C=O) groups excluding carboxylic acids is 2. The summed E-state index contributed by atoms with van der Waals surface area (Å²) in [5, 5.41) is 2.61. The van der Waals surface area contributed by atoms with Crippen LogP contribution in [0.4, 0.5) is 4.79 Å². The molecule has 1 atom stereocenters. The van der Waals surface area contributed by atoms with E-state index >= 15 is 0 Å². The van der Waals surface area contributed by atoms with Crippen molar-refractivity contribution in [2.75, 3.05) is 0 Å². The molecule has 0 bridgehead atoms. The van der Waals surface area contributed by atoms with Crippen LogP contribution in [0.5, 0.6) is 0 Å². The van der Waals surface area contributed by atoms with Crippen molar-refractivity contribution in [2.24, 2.45) is 0 Å². The molecule has 26 heavy (non-hydrogen) atoms. The minimum atomic E-state index is -0.844. The number of esters is 1. The van der Waals surface area contributed by atoms with Gasteiger partial charge in [-0.1, -0.05) is 36.4 Å². The molecule has 2 aromatic rings. The van der Waals surface area contributed by atoms with Crippen LogP contribution >= 0.6 is 0 Å².